The van der Waals surface area contributed by atoms with Crippen LogP contribution in [-0.2, 0) is 19.2 Å². The summed E-state index contributed by atoms with van der Waals surface area (Å²) < 4.78 is 0. The first-order valence-electron chi connectivity index (χ1n) is 14.5. The molecule has 0 spiro atoms. The van der Waals surface area contributed by atoms with Crippen LogP contribution in [0, 0.1) is 0 Å². The van der Waals surface area contributed by atoms with E-state index in [1.807, 2.05) is 0 Å². The van der Waals surface area contributed by atoms with Crippen molar-refractivity contribution < 1.29 is 49.5 Å². The number of rotatable bonds is 15. The van der Waals surface area contributed by atoms with E-state index < -0.39 is 42.1 Å². The zero-order valence-electron chi connectivity index (χ0n) is 25.4. The molecule has 2 atom stereocenters. The summed E-state index contributed by atoms with van der Waals surface area (Å²) in [5.74, 6) is -3.31. The minimum atomic E-state index is -0.928. The first-order chi connectivity index (χ1) is 19.7. The molecule has 1 fully saturated rings. The maximum atomic E-state index is 10.3. The Labute approximate surface area is 249 Å². The minimum absolute atomic E-state index is 0.191. The average Bonchev–Trinajstić information content (AvgIpc) is 2.95. The zero-order chi connectivity index (χ0) is 33.3. The minimum Gasteiger partial charge on any atom is -0.481 e. The Hall–Kier alpha value is -3.01. The highest BCUT2D eigenvalue weighted by molar-refractivity contribution is 5.73. The van der Waals surface area contributed by atoms with Gasteiger partial charge in [-0.3, -0.25) is 19.2 Å². The van der Waals surface area contributed by atoms with Crippen molar-refractivity contribution in [1.29, 1.82) is 0 Å². The number of hydrogen-bond acceptors (Lipinski definition) is 9. The van der Waals surface area contributed by atoms with Crippen molar-refractivity contribution >= 4 is 30.0 Å². The van der Waals surface area contributed by atoms with E-state index in [0.29, 0.717) is 32.4 Å². The van der Waals surface area contributed by atoms with Gasteiger partial charge in [-0.15, -0.1) is 0 Å². The second-order valence-corrected chi connectivity index (χ2v) is 9.40. The molecule has 1 aliphatic rings. The summed E-state index contributed by atoms with van der Waals surface area (Å²) in [7, 11) is 0. The first-order valence-corrected chi connectivity index (χ1v) is 14.5. The van der Waals surface area contributed by atoms with E-state index in [-0.39, 0.29) is 12.8 Å². The molecule has 0 radical (unpaired) electrons. The molecule has 1 aliphatic heterocycles. The van der Waals surface area contributed by atoms with Crippen LogP contribution in [0.2, 0.25) is 0 Å². The summed E-state index contributed by atoms with van der Waals surface area (Å²) in [5.41, 5.74) is 20.5. The highest BCUT2D eigenvalue weighted by atomic mass is 16.4. The van der Waals surface area contributed by atoms with E-state index in [2.05, 4.69) is 6.92 Å². The van der Waals surface area contributed by atoms with Crippen LogP contribution in [0.5, 0.6) is 0 Å². The van der Waals surface area contributed by atoms with Gasteiger partial charge in [-0.2, -0.15) is 0 Å². The monoisotopic (exact) mass is 611 g/mol. The normalized spacial score (nSPS) is 13.0. The van der Waals surface area contributed by atoms with Gasteiger partial charge in [0.1, 0.15) is 12.1 Å². The quantitative estimate of drug-likeness (QED) is 0.120. The van der Waals surface area contributed by atoms with Gasteiger partial charge in [-0.25, -0.2) is 4.79 Å². The lowest BCUT2D eigenvalue weighted by Crippen LogP contribution is -2.34. The third-order valence-corrected chi connectivity index (χ3v) is 5.51. The number of carbonyl (C=O) groups is 5. The molecule has 0 aromatic carbocycles. The standard InChI is InChI=1S/C7H15NO2.C6H11NO2.C6H13NO2.2C4H9NO2/c1-2-3-4-5-6(8)7(9)10;8-6(9)7-4-2-1-3-5-7;7-5-3-1-2-4-6(8)9;1-2-3(5)4(6)7;5-3-1-2-4(6)7/h6H,2-5,8H2,1H3,(H,9,10);1-5H2,(H,8,9);1-5,7H2,(H,8,9);3H,2,5H2,1H3,(H,6,7);1-3,5H2,(H,6,7). The first kappa shape index (κ1) is 46.0. The summed E-state index contributed by atoms with van der Waals surface area (Å²) >= 11 is 0. The molecule has 1 heterocycles. The highest BCUT2D eigenvalue weighted by Gasteiger charge is 2.13. The average molecular weight is 612 g/mol. The number of nitrogens with zero attached hydrogens (tertiary/aromatic N) is 1. The fourth-order valence-electron chi connectivity index (χ4n) is 2.85. The fraction of sp³-hybridized carbons (Fsp3) is 0.815. The van der Waals surface area contributed by atoms with Crippen molar-refractivity contribution in [2.24, 2.45) is 22.9 Å². The molecule has 15 heteroatoms. The number of aliphatic carboxylic acids is 4. The number of hydrogen-bond donors (Lipinski definition) is 9. The van der Waals surface area contributed by atoms with Gasteiger partial charge >= 0.3 is 30.0 Å². The van der Waals surface area contributed by atoms with E-state index >= 15 is 0 Å². The Morgan fingerprint density at radius 2 is 1.12 bits per heavy atom. The summed E-state index contributed by atoms with van der Waals surface area (Å²) in [6.45, 7) is 6.40. The van der Waals surface area contributed by atoms with Gasteiger partial charge in [-0.1, -0.05) is 39.5 Å². The third kappa shape index (κ3) is 41.5. The van der Waals surface area contributed by atoms with Gasteiger partial charge in [0.2, 0.25) is 0 Å². The largest absolute Gasteiger partial charge is 0.481 e. The number of nitrogens with two attached hydrogens (primary N) is 4. The molecule has 0 aromatic heterocycles. The Morgan fingerprint density at radius 3 is 1.40 bits per heavy atom. The van der Waals surface area contributed by atoms with Crippen molar-refractivity contribution in [2.75, 3.05) is 26.2 Å². The van der Waals surface area contributed by atoms with E-state index in [0.717, 1.165) is 64.5 Å². The van der Waals surface area contributed by atoms with Crippen molar-refractivity contribution in [2.45, 2.75) is 116 Å². The Kier molecular flexibility index (Phi) is 37.4. The van der Waals surface area contributed by atoms with Crippen LogP contribution in [0.4, 0.5) is 4.79 Å². The third-order valence-electron chi connectivity index (χ3n) is 5.51. The van der Waals surface area contributed by atoms with Crippen LogP contribution < -0.4 is 22.9 Å². The molecule has 42 heavy (non-hydrogen) atoms. The summed E-state index contributed by atoms with van der Waals surface area (Å²) in [4.78, 5) is 51.4. The molecule has 0 aliphatic carbocycles. The number of unbranched alkanes of at least 4 members (excludes halogenated alkanes) is 4. The molecule has 250 valence electrons. The molecular formula is C27H57N5O10. The smallest absolute Gasteiger partial charge is 0.407 e. The van der Waals surface area contributed by atoms with Crippen LogP contribution in [0.15, 0.2) is 0 Å². The Bertz CT molecular complexity index is 692. The van der Waals surface area contributed by atoms with Crippen LogP contribution in [0.25, 0.3) is 0 Å². The van der Waals surface area contributed by atoms with Crippen LogP contribution in [0.1, 0.15) is 104 Å². The van der Waals surface area contributed by atoms with E-state index in [1.54, 1.807) is 6.92 Å². The van der Waals surface area contributed by atoms with Crippen LogP contribution in [0.3, 0.4) is 0 Å². The molecule has 0 saturated carbocycles. The van der Waals surface area contributed by atoms with E-state index in [1.165, 1.54) is 11.3 Å². The molecule has 13 N–H and O–H groups in total. The van der Waals surface area contributed by atoms with Crippen molar-refractivity contribution in [3.63, 3.8) is 0 Å². The number of likely N-dealkylation sites (tertiary alicyclic amines) is 1. The predicted octanol–water partition coefficient (Wildman–Crippen LogP) is 2.34. The number of piperidine rings is 1. The molecule has 0 bridgehead atoms. The maximum Gasteiger partial charge on any atom is 0.407 e. The SMILES string of the molecule is CCC(N)C(=O)O.CCCCCC(N)C(=O)O.NCCCC(=O)O.NCCCCCC(=O)O.O=C(O)N1CCCCC1. The lowest BCUT2D eigenvalue weighted by Gasteiger charge is -2.22. The molecule has 2 unspecified atom stereocenters. The molecule has 15 nitrogen and oxygen atoms in total. The summed E-state index contributed by atoms with van der Waals surface area (Å²) in [6.07, 6.45) is 10.3. The van der Waals surface area contributed by atoms with Crippen LogP contribution in [-0.4, -0.2) is 98.7 Å². The van der Waals surface area contributed by atoms with Crippen molar-refractivity contribution in [3.8, 4) is 0 Å². The van der Waals surface area contributed by atoms with E-state index in [4.69, 9.17) is 48.5 Å². The number of amides is 1. The second-order valence-electron chi connectivity index (χ2n) is 9.40. The van der Waals surface area contributed by atoms with Crippen molar-refractivity contribution in [1.82, 2.24) is 4.90 Å². The Balaban J connectivity index is -0.000000216. The van der Waals surface area contributed by atoms with Gasteiger partial charge < -0.3 is 53.4 Å². The molecule has 1 saturated heterocycles. The van der Waals surface area contributed by atoms with Gasteiger partial charge in [-0.05, 0) is 64.5 Å². The molecular weight excluding hydrogens is 554 g/mol. The Morgan fingerprint density at radius 1 is 0.643 bits per heavy atom. The van der Waals surface area contributed by atoms with Gasteiger partial charge in [0.25, 0.3) is 0 Å². The number of carboxylic acids is 4. The lowest BCUT2D eigenvalue weighted by atomic mass is 10.1. The highest BCUT2D eigenvalue weighted by Crippen LogP contribution is 2.07. The summed E-state index contributed by atoms with van der Waals surface area (Å²) in [6, 6.07) is -1.34. The van der Waals surface area contributed by atoms with Crippen molar-refractivity contribution in [3.05, 3.63) is 0 Å². The second kappa shape index (κ2) is 34.2. The van der Waals surface area contributed by atoms with Gasteiger partial charge in [0, 0.05) is 25.9 Å². The fourth-order valence-corrected chi connectivity index (χ4v) is 2.85. The maximum absolute atomic E-state index is 10.3. The van der Waals surface area contributed by atoms with Crippen LogP contribution >= 0.6 is 0 Å². The number of carboxylic acid groups (broad SMARTS) is 5. The molecule has 1 amide bonds. The predicted molar refractivity (Wildman–Crippen MR) is 160 cm³/mol. The van der Waals surface area contributed by atoms with Gasteiger partial charge in [0.05, 0.1) is 0 Å². The lowest BCUT2D eigenvalue weighted by molar-refractivity contribution is -0.139. The van der Waals surface area contributed by atoms with Gasteiger partial charge in [0.15, 0.2) is 0 Å². The molecule has 0 aromatic rings. The van der Waals surface area contributed by atoms with E-state index in [9.17, 15) is 24.0 Å². The summed E-state index contributed by atoms with van der Waals surface area (Å²) in [5, 5.41) is 41.0. The topological polar surface area (TPSA) is 294 Å². The molecule has 1 rings (SSSR count). The zero-order valence-corrected chi connectivity index (χ0v) is 25.4.